The van der Waals surface area contributed by atoms with Crippen molar-refractivity contribution in [3.8, 4) is 11.5 Å². The van der Waals surface area contributed by atoms with Crippen molar-refractivity contribution in [2.45, 2.75) is 26.7 Å². The summed E-state index contributed by atoms with van der Waals surface area (Å²) >= 11 is 0. The first-order valence-corrected chi connectivity index (χ1v) is 7.65. The number of benzene rings is 1. The van der Waals surface area contributed by atoms with Crippen LogP contribution < -0.4 is 20.1 Å². The number of halogens is 1. The van der Waals surface area contributed by atoms with Gasteiger partial charge in [0, 0.05) is 12.6 Å². The Morgan fingerprint density at radius 1 is 1.32 bits per heavy atom. The molecular weight excluding hydrogens is 304 g/mol. The predicted octanol–water partition coefficient (Wildman–Crippen LogP) is 2.84. The molecule has 2 rings (SSSR count). The van der Waals surface area contributed by atoms with Gasteiger partial charge in [-0.25, -0.2) is 0 Å². The Kier molecular flexibility index (Phi) is 8.06. The van der Waals surface area contributed by atoms with Crippen LogP contribution in [0.5, 0.6) is 11.5 Å². The predicted molar refractivity (Wildman–Crippen MR) is 90.3 cm³/mol. The van der Waals surface area contributed by atoms with Crippen LogP contribution in [-0.2, 0) is 4.79 Å². The maximum absolute atomic E-state index is 12.3. The van der Waals surface area contributed by atoms with Gasteiger partial charge in [-0.1, -0.05) is 0 Å². The van der Waals surface area contributed by atoms with Gasteiger partial charge in [-0.15, -0.1) is 12.4 Å². The fourth-order valence-electron chi connectivity index (χ4n) is 2.45. The van der Waals surface area contributed by atoms with Crippen LogP contribution in [0.25, 0.3) is 0 Å². The normalized spacial score (nSPS) is 17.3. The molecule has 0 bridgehead atoms. The average Bonchev–Trinajstić information content (AvgIpc) is 2.51. The van der Waals surface area contributed by atoms with Gasteiger partial charge in [0.1, 0.15) is 11.5 Å². The molecule has 6 heteroatoms. The van der Waals surface area contributed by atoms with Crippen LogP contribution >= 0.6 is 12.4 Å². The molecule has 1 heterocycles. The van der Waals surface area contributed by atoms with Crippen LogP contribution in [0.3, 0.4) is 0 Å². The summed E-state index contributed by atoms with van der Waals surface area (Å²) in [5, 5.41) is 6.24. The van der Waals surface area contributed by atoms with E-state index in [0.29, 0.717) is 24.7 Å². The van der Waals surface area contributed by atoms with Crippen LogP contribution in [0.4, 0.5) is 5.69 Å². The van der Waals surface area contributed by atoms with Crippen molar-refractivity contribution in [2.75, 3.05) is 31.6 Å². The van der Waals surface area contributed by atoms with E-state index in [2.05, 4.69) is 10.6 Å². The lowest BCUT2D eigenvalue weighted by molar-refractivity contribution is -0.120. The Morgan fingerprint density at radius 2 is 2.09 bits per heavy atom. The van der Waals surface area contributed by atoms with Crippen LogP contribution in [-0.4, -0.2) is 32.2 Å². The Labute approximate surface area is 138 Å². The first-order chi connectivity index (χ1) is 10.2. The molecule has 0 aliphatic carbocycles. The highest BCUT2D eigenvalue weighted by Gasteiger charge is 2.22. The van der Waals surface area contributed by atoms with Gasteiger partial charge in [0.25, 0.3) is 0 Å². The Morgan fingerprint density at radius 3 is 2.73 bits per heavy atom. The highest BCUT2D eigenvalue weighted by molar-refractivity contribution is 5.94. The average molecular weight is 329 g/mol. The van der Waals surface area contributed by atoms with Crippen LogP contribution in [0.2, 0.25) is 0 Å². The molecule has 0 saturated carbocycles. The molecular formula is C16H25ClN2O3. The molecule has 1 amide bonds. The largest absolute Gasteiger partial charge is 0.494 e. The molecule has 0 radical (unpaired) electrons. The molecule has 0 unspecified atom stereocenters. The van der Waals surface area contributed by atoms with E-state index < -0.39 is 0 Å². The van der Waals surface area contributed by atoms with Crippen molar-refractivity contribution in [3.05, 3.63) is 18.2 Å². The number of anilines is 1. The maximum Gasteiger partial charge on any atom is 0.228 e. The second-order valence-corrected chi connectivity index (χ2v) is 5.06. The van der Waals surface area contributed by atoms with Crippen LogP contribution in [0.15, 0.2) is 18.2 Å². The molecule has 1 saturated heterocycles. The van der Waals surface area contributed by atoms with Crippen LogP contribution in [0.1, 0.15) is 26.7 Å². The topological polar surface area (TPSA) is 59.6 Å². The second kappa shape index (κ2) is 9.54. The van der Waals surface area contributed by atoms with Crippen molar-refractivity contribution >= 4 is 24.0 Å². The number of rotatable bonds is 6. The molecule has 1 aromatic rings. The van der Waals surface area contributed by atoms with Crippen molar-refractivity contribution in [2.24, 2.45) is 5.92 Å². The Balaban J connectivity index is 0.00000242. The summed E-state index contributed by atoms with van der Waals surface area (Å²) in [5.74, 6) is 1.47. The third kappa shape index (κ3) is 5.07. The summed E-state index contributed by atoms with van der Waals surface area (Å²) in [6.07, 6.45) is 1.96. The molecule has 5 nitrogen and oxygen atoms in total. The summed E-state index contributed by atoms with van der Waals surface area (Å²) in [6.45, 7) is 6.74. The summed E-state index contributed by atoms with van der Waals surface area (Å²) < 4.78 is 11.1. The van der Waals surface area contributed by atoms with E-state index in [1.807, 2.05) is 32.0 Å². The molecule has 1 aliphatic heterocycles. The minimum Gasteiger partial charge on any atom is -0.494 e. The van der Waals surface area contributed by atoms with Gasteiger partial charge >= 0.3 is 0 Å². The minimum atomic E-state index is 0. The van der Waals surface area contributed by atoms with E-state index in [-0.39, 0.29) is 24.2 Å². The monoisotopic (exact) mass is 328 g/mol. The molecule has 1 aromatic carbocycles. The smallest absolute Gasteiger partial charge is 0.228 e. The molecule has 0 spiro atoms. The quantitative estimate of drug-likeness (QED) is 0.843. The van der Waals surface area contributed by atoms with E-state index in [0.717, 1.165) is 31.7 Å². The summed E-state index contributed by atoms with van der Waals surface area (Å²) in [7, 11) is 0. The van der Waals surface area contributed by atoms with Gasteiger partial charge in [-0.2, -0.15) is 0 Å². The molecule has 2 N–H and O–H groups in total. The summed E-state index contributed by atoms with van der Waals surface area (Å²) in [6, 6.07) is 5.51. The first-order valence-electron chi connectivity index (χ1n) is 7.65. The van der Waals surface area contributed by atoms with Gasteiger partial charge < -0.3 is 20.1 Å². The van der Waals surface area contributed by atoms with Gasteiger partial charge in [0.05, 0.1) is 24.8 Å². The number of nitrogens with one attached hydrogen (secondary N) is 2. The molecule has 22 heavy (non-hydrogen) atoms. The summed E-state index contributed by atoms with van der Waals surface area (Å²) in [5.41, 5.74) is 0.679. The van der Waals surface area contributed by atoms with Crippen molar-refractivity contribution in [1.29, 1.82) is 0 Å². The van der Waals surface area contributed by atoms with E-state index in [4.69, 9.17) is 9.47 Å². The third-order valence-corrected chi connectivity index (χ3v) is 3.49. The van der Waals surface area contributed by atoms with Gasteiger partial charge in [0.15, 0.2) is 0 Å². The highest BCUT2D eigenvalue weighted by atomic mass is 35.5. The minimum absolute atomic E-state index is 0. The lowest BCUT2D eigenvalue weighted by Gasteiger charge is -2.22. The lowest BCUT2D eigenvalue weighted by Crippen LogP contribution is -2.37. The maximum atomic E-state index is 12.3. The van der Waals surface area contributed by atoms with E-state index in [1.165, 1.54) is 0 Å². The zero-order chi connectivity index (χ0) is 15.1. The number of hydrogen-bond donors (Lipinski definition) is 2. The van der Waals surface area contributed by atoms with Gasteiger partial charge in [-0.05, 0) is 45.4 Å². The van der Waals surface area contributed by atoms with E-state index in [9.17, 15) is 4.79 Å². The van der Waals surface area contributed by atoms with Crippen LogP contribution in [0, 0.1) is 5.92 Å². The number of ether oxygens (including phenoxy) is 2. The molecule has 1 fully saturated rings. The number of amides is 1. The standard InChI is InChI=1S/C16H24N2O3.ClH/c1-3-20-13-7-8-15(21-4-2)14(10-13)18-16(19)12-6-5-9-17-11-12;/h7-8,10,12,17H,3-6,9,11H2,1-2H3,(H,18,19);1H/t12-;/m1./s1. The number of hydrogen-bond acceptors (Lipinski definition) is 4. The second-order valence-electron chi connectivity index (χ2n) is 5.06. The fourth-order valence-corrected chi connectivity index (χ4v) is 2.45. The molecule has 1 atom stereocenters. The van der Waals surface area contributed by atoms with E-state index in [1.54, 1.807) is 0 Å². The Hall–Kier alpha value is -1.46. The highest BCUT2D eigenvalue weighted by Crippen LogP contribution is 2.30. The van der Waals surface area contributed by atoms with Crippen molar-refractivity contribution in [1.82, 2.24) is 5.32 Å². The van der Waals surface area contributed by atoms with E-state index >= 15 is 0 Å². The first kappa shape index (κ1) is 18.6. The van der Waals surface area contributed by atoms with Gasteiger partial charge in [-0.3, -0.25) is 4.79 Å². The zero-order valence-electron chi connectivity index (χ0n) is 13.2. The van der Waals surface area contributed by atoms with Crippen molar-refractivity contribution < 1.29 is 14.3 Å². The SMILES string of the molecule is CCOc1ccc(OCC)c(NC(=O)[C@@H]2CCCNC2)c1.Cl. The lowest BCUT2D eigenvalue weighted by atomic mass is 9.99. The number of carbonyl (C=O) groups excluding carboxylic acids is 1. The molecule has 0 aromatic heterocycles. The Bertz CT molecular complexity index is 476. The van der Waals surface area contributed by atoms with Crippen molar-refractivity contribution in [3.63, 3.8) is 0 Å². The third-order valence-electron chi connectivity index (χ3n) is 3.49. The number of carbonyl (C=O) groups is 1. The molecule has 124 valence electrons. The summed E-state index contributed by atoms with van der Waals surface area (Å²) in [4.78, 5) is 12.3. The molecule has 1 aliphatic rings. The number of piperidine rings is 1. The fraction of sp³-hybridized carbons (Fsp3) is 0.562. The zero-order valence-corrected chi connectivity index (χ0v) is 14.0. The van der Waals surface area contributed by atoms with Gasteiger partial charge in [0.2, 0.25) is 5.91 Å².